The van der Waals surface area contributed by atoms with Gasteiger partial charge in [-0.05, 0) is 18.2 Å². The number of benzene rings is 1. The molecule has 0 fully saturated rings. The molecule has 0 bridgehead atoms. The minimum absolute atomic E-state index is 0.256. The lowest BCUT2D eigenvalue weighted by atomic mass is 10.2. The number of halogens is 1. The zero-order valence-corrected chi connectivity index (χ0v) is 7.43. The third-order valence-corrected chi connectivity index (χ3v) is 1.43. The predicted molar refractivity (Wildman–Crippen MR) is 48.8 cm³/mol. The predicted octanol–water partition coefficient (Wildman–Crippen LogP) is 2.14. The summed E-state index contributed by atoms with van der Waals surface area (Å²) in [7, 11) is 0. The van der Waals surface area contributed by atoms with Gasteiger partial charge in [0.1, 0.15) is 5.75 Å². The molecule has 0 unspecified atom stereocenters. The first-order valence-corrected chi connectivity index (χ1v) is 4.29. The van der Waals surface area contributed by atoms with Gasteiger partial charge in [0.15, 0.2) is 0 Å². The molecule has 0 aliphatic heterocycles. The molecule has 1 aromatic carbocycles. The average molecular weight is 211 g/mol. The van der Waals surface area contributed by atoms with Gasteiger partial charge in [0.05, 0.1) is 5.33 Å². The Morgan fingerprint density at radius 2 is 2.27 bits per heavy atom. The fourth-order valence-corrected chi connectivity index (χ4v) is 0.859. The maximum atomic E-state index is 9.03. The third kappa shape index (κ3) is 2.65. The van der Waals surface area contributed by atoms with Gasteiger partial charge >= 0.3 is 0 Å². The van der Waals surface area contributed by atoms with Crippen LogP contribution in [-0.2, 0) is 0 Å². The molecule has 1 rings (SSSR count). The third-order valence-electron chi connectivity index (χ3n) is 1.15. The van der Waals surface area contributed by atoms with E-state index in [2.05, 4.69) is 27.8 Å². The van der Waals surface area contributed by atoms with Crippen molar-refractivity contribution in [2.45, 2.75) is 0 Å². The van der Waals surface area contributed by atoms with Crippen molar-refractivity contribution in [2.75, 3.05) is 5.33 Å². The second-order valence-corrected chi connectivity index (χ2v) is 2.55. The summed E-state index contributed by atoms with van der Waals surface area (Å²) in [5, 5.41) is 9.69. The Hall–Kier alpha value is -0.940. The molecule has 0 aliphatic carbocycles. The van der Waals surface area contributed by atoms with Crippen LogP contribution in [0.4, 0.5) is 0 Å². The Labute approximate surface area is 74.2 Å². The molecule has 0 saturated heterocycles. The van der Waals surface area contributed by atoms with Crippen LogP contribution in [0.2, 0.25) is 0 Å². The molecule has 0 aliphatic rings. The van der Waals surface area contributed by atoms with Crippen molar-refractivity contribution in [3.8, 4) is 17.6 Å². The Morgan fingerprint density at radius 3 is 2.91 bits per heavy atom. The number of hydrogen-bond acceptors (Lipinski definition) is 1. The molecule has 11 heavy (non-hydrogen) atoms. The van der Waals surface area contributed by atoms with Gasteiger partial charge in [-0.25, -0.2) is 0 Å². The molecule has 0 spiro atoms. The summed E-state index contributed by atoms with van der Waals surface area (Å²) in [6, 6.07) is 6.89. The number of alkyl halides is 1. The number of hydrogen-bond donors (Lipinski definition) is 1. The van der Waals surface area contributed by atoms with E-state index in [-0.39, 0.29) is 5.75 Å². The fraction of sp³-hybridized carbons (Fsp3) is 0.111. The summed E-state index contributed by atoms with van der Waals surface area (Å²) < 4.78 is 0. The van der Waals surface area contributed by atoms with Crippen LogP contribution in [0.15, 0.2) is 24.3 Å². The summed E-state index contributed by atoms with van der Waals surface area (Å²) in [4.78, 5) is 0. The first-order chi connectivity index (χ1) is 5.33. The summed E-state index contributed by atoms with van der Waals surface area (Å²) in [6.45, 7) is 0. The Morgan fingerprint density at radius 1 is 1.45 bits per heavy atom. The molecular formula is C9H7BrO. The fourth-order valence-electron chi connectivity index (χ4n) is 0.719. The molecular weight excluding hydrogens is 204 g/mol. The van der Waals surface area contributed by atoms with Crippen LogP contribution in [0.3, 0.4) is 0 Å². The highest BCUT2D eigenvalue weighted by atomic mass is 79.9. The molecule has 0 aromatic heterocycles. The van der Waals surface area contributed by atoms with E-state index in [1.165, 1.54) is 0 Å². The van der Waals surface area contributed by atoms with E-state index in [0.717, 1.165) is 5.56 Å². The highest BCUT2D eigenvalue weighted by Gasteiger charge is 1.87. The van der Waals surface area contributed by atoms with Crippen LogP contribution in [0, 0.1) is 11.8 Å². The quantitative estimate of drug-likeness (QED) is 0.514. The lowest BCUT2D eigenvalue weighted by Gasteiger charge is -1.90. The van der Waals surface area contributed by atoms with Crippen molar-refractivity contribution >= 4 is 15.9 Å². The molecule has 0 saturated carbocycles. The van der Waals surface area contributed by atoms with Crippen molar-refractivity contribution in [3.63, 3.8) is 0 Å². The van der Waals surface area contributed by atoms with E-state index in [0.29, 0.717) is 5.33 Å². The lowest BCUT2D eigenvalue weighted by molar-refractivity contribution is 0.475. The molecule has 1 aromatic rings. The maximum absolute atomic E-state index is 9.03. The highest BCUT2D eigenvalue weighted by Crippen LogP contribution is 2.09. The minimum atomic E-state index is 0.256. The monoisotopic (exact) mass is 210 g/mol. The maximum Gasteiger partial charge on any atom is 0.116 e. The van der Waals surface area contributed by atoms with Gasteiger partial charge in [-0.15, -0.1) is 0 Å². The van der Waals surface area contributed by atoms with Crippen LogP contribution in [0.1, 0.15) is 5.56 Å². The molecule has 56 valence electrons. The smallest absolute Gasteiger partial charge is 0.116 e. The van der Waals surface area contributed by atoms with Crippen LogP contribution in [0.25, 0.3) is 0 Å². The molecule has 0 atom stereocenters. The van der Waals surface area contributed by atoms with Gasteiger partial charge in [-0.1, -0.05) is 33.8 Å². The molecule has 0 radical (unpaired) electrons. The van der Waals surface area contributed by atoms with Gasteiger partial charge in [-0.3, -0.25) is 0 Å². The lowest BCUT2D eigenvalue weighted by Crippen LogP contribution is -1.72. The Kier molecular flexibility index (Phi) is 3.00. The SMILES string of the molecule is Oc1cccc(C#CCBr)c1. The second kappa shape index (κ2) is 4.05. The van der Waals surface area contributed by atoms with Crippen LogP contribution >= 0.6 is 15.9 Å². The zero-order valence-electron chi connectivity index (χ0n) is 5.84. The molecule has 2 heteroatoms. The standard InChI is InChI=1S/C9H7BrO/c10-6-2-4-8-3-1-5-9(11)7-8/h1,3,5,7,11H,6H2. The number of phenols is 1. The zero-order chi connectivity index (χ0) is 8.10. The first kappa shape index (κ1) is 8.16. The van der Waals surface area contributed by atoms with Crippen molar-refractivity contribution in [1.82, 2.24) is 0 Å². The number of aromatic hydroxyl groups is 1. The van der Waals surface area contributed by atoms with Crippen LogP contribution in [0.5, 0.6) is 5.75 Å². The molecule has 1 N–H and O–H groups in total. The van der Waals surface area contributed by atoms with Gasteiger partial charge in [0, 0.05) is 5.56 Å². The van der Waals surface area contributed by atoms with E-state index in [9.17, 15) is 0 Å². The first-order valence-electron chi connectivity index (χ1n) is 3.17. The molecule has 1 nitrogen and oxygen atoms in total. The normalized spacial score (nSPS) is 8.45. The summed E-state index contributed by atoms with van der Waals surface area (Å²) in [5.74, 6) is 5.98. The molecule has 0 heterocycles. The average Bonchev–Trinajstić information content (AvgIpc) is 2.01. The highest BCUT2D eigenvalue weighted by molar-refractivity contribution is 9.09. The van der Waals surface area contributed by atoms with Crippen LogP contribution < -0.4 is 0 Å². The van der Waals surface area contributed by atoms with Gasteiger partial charge in [0.2, 0.25) is 0 Å². The van der Waals surface area contributed by atoms with E-state index in [1.54, 1.807) is 18.2 Å². The van der Waals surface area contributed by atoms with Crippen molar-refractivity contribution < 1.29 is 5.11 Å². The van der Waals surface area contributed by atoms with E-state index < -0.39 is 0 Å². The number of rotatable bonds is 0. The van der Waals surface area contributed by atoms with E-state index in [1.807, 2.05) is 6.07 Å². The second-order valence-electron chi connectivity index (χ2n) is 1.99. The van der Waals surface area contributed by atoms with E-state index in [4.69, 9.17) is 5.11 Å². The Balaban J connectivity index is 2.87. The van der Waals surface area contributed by atoms with E-state index >= 15 is 0 Å². The largest absolute Gasteiger partial charge is 0.508 e. The van der Waals surface area contributed by atoms with Crippen molar-refractivity contribution in [2.24, 2.45) is 0 Å². The number of phenolic OH excluding ortho intramolecular Hbond substituents is 1. The summed E-state index contributed by atoms with van der Waals surface area (Å²) in [6.07, 6.45) is 0. The summed E-state index contributed by atoms with van der Waals surface area (Å²) >= 11 is 3.19. The summed E-state index contributed by atoms with van der Waals surface area (Å²) in [5.41, 5.74) is 0.837. The van der Waals surface area contributed by atoms with Crippen molar-refractivity contribution in [3.05, 3.63) is 29.8 Å². The van der Waals surface area contributed by atoms with Gasteiger partial charge in [0.25, 0.3) is 0 Å². The van der Waals surface area contributed by atoms with Gasteiger partial charge in [-0.2, -0.15) is 0 Å². The minimum Gasteiger partial charge on any atom is -0.508 e. The van der Waals surface area contributed by atoms with Crippen LogP contribution in [-0.4, -0.2) is 10.4 Å². The van der Waals surface area contributed by atoms with Gasteiger partial charge < -0.3 is 5.11 Å². The molecule has 0 amide bonds. The Bertz CT molecular complexity index is 296. The topological polar surface area (TPSA) is 20.2 Å². The van der Waals surface area contributed by atoms with Crippen molar-refractivity contribution in [1.29, 1.82) is 0 Å².